The molecule has 1 aliphatic rings. The SMILES string of the molecule is Cc1c(CNC(=O)/C=C/c2ccc(N)nc2)sc(-c2ccc(-c3ccc(C(=O)N4CCC(C)(F)CC4)cc3)cc2-c2ccc(F)cc2)c1C. The van der Waals surface area contributed by atoms with Crippen molar-refractivity contribution in [2.75, 3.05) is 18.8 Å². The van der Waals surface area contributed by atoms with E-state index in [2.05, 4.69) is 42.3 Å². The number of nitrogens with zero attached hydrogens (tertiary/aromatic N) is 2. The third-order valence-corrected chi connectivity index (χ3v) is 10.6. The summed E-state index contributed by atoms with van der Waals surface area (Å²) in [5.74, 6) is -0.195. The number of nitrogens with two attached hydrogens (primary N) is 1. The van der Waals surface area contributed by atoms with Crippen LogP contribution in [-0.2, 0) is 11.3 Å². The molecule has 0 radical (unpaired) electrons. The second kappa shape index (κ2) is 14.1. The van der Waals surface area contributed by atoms with Gasteiger partial charge in [0.1, 0.15) is 17.3 Å². The molecule has 0 spiro atoms. The summed E-state index contributed by atoms with van der Waals surface area (Å²) in [6.07, 6.45) is 5.47. The summed E-state index contributed by atoms with van der Waals surface area (Å²) < 4.78 is 28.3. The van der Waals surface area contributed by atoms with E-state index in [1.54, 1.807) is 59.7 Å². The number of rotatable bonds is 8. The summed E-state index contributed by atoms with van der Waals surface area (Å²) >= 11 is 1.63. The first-order valence-electron chi connectivity index (χ1n) is 16.2. The number of amides is 2. The number of aromatic nitrogens is 1. The minimum atomic E-state index is -1.22. The first kappa shape index (κ1) is 33.7. The zero-order valence-corrected chi connectivity index (χ0v) is 28.5. The van der Waals surface area contributed by atoms with Gasteiger partial charge < -0.3 is 16.0 Å². The Balaban J connectivity index is 1.25. The second-order valence-electron chi connectivity index (χ2n) is 12.7. The molecule has 3 aromatic carbocycles. The Bertz CT molecular complexity index is 2010. The number of carbonyl (C=O) groups is 2. The molecular formula is C40H38F2N4O2S. The number of thiophene rings is 1. The van der Waals surface area contributed by atoms with E-state index in [4.69, 9.17) is 5.73 Å². The van der Waals surface area contributed by atoms with Gasteiger partial charge in [0.25, 0.3) is 5.91 Å². The number of nitrogens with one attached hydrogen (secondary N) is 1. The summed E-state index contributed by atoms with van der Waals surface area (Å²) in [5.41, 5.74) is 12.7. The zero-order valence-electron chi connectivity index (χ0n) is 27.7. The van der Waals surface area contributed by atoms with Crippen molar-refractivity contribution < 1.29 is 18.4 Å². The largest absolute Gasteiger partial charge is 0.384 e. The minimum absolute atomic E-state index is 0.0879. The highest BCUT2D eigenvalue weighted by Gasteiger charge is 2.31. The van der Waals surface area contributed by atoms with Crippen molar-refractivity contribution in [3.8, 4) is 32.7 Å². The molecule has 2 aromatic heterocycles. The van der Waals surface area contributed by atoms with Crippen LogP contribution in [0.5, 0.6) is 0 Å². The minimum Gasteiger partial charge on any atom is -0.384 e. The van der Waals surface area contributed by atoms with Gasteiger partial charge in [-0.3, -0.25) is 9.59 Å². The fourth-order valence-electron chi connectivity index (χ4n) is 5.95. The highest BCUT2D eigenvalue weighted by Crippen LogP contribution is 2.42. The van der Waals surface area contributed by atoms with Gasteiger partial charge in [0.15, 0.2) is 0 Å². The third-order valence-electron chi connectivity index (χ3n) is 9.18. The number of pyridine rings is 1. The van der Waals surface area contributed by atoms with Crippen LogP contribution in [0.4, 0.5) is 14.6 Å². The van der Waals surface area contributed by atoms with Crippen molar-refractivity contribution in [2.24, 2.45) is 0 Å². The Labute approximate surface area is 289 Å². The predicted molar refractivity (Wildman–Crippen MR) is 194 cm³/mol. The number of carbonyl (C=O) groups excluding carboxylic acids is 2. The van der Waals surface area contributed by atoms with Crippen LogP contribution in [0.25, 0.3) is 38.8 Å². The van der Waals surface area contributed by atoms with E-state index < -0.39 is 5.67 Å². The fraction of sp³-hybridized carbons (Fsp3) is 0.225. The summed E-state index contributed by atoms with van der Waals surface area (Å²) in [4.78, 5) is 33.6. The van der Waals surface area contributed by atoms with Crippen molar-refractivity contribution in [3.05, 3.63) is 124 Å². The number of likely N-dealkylation sites (tertiary alicyclic amines) is 1. The lowest BCUT2D eigenvalue weighted by atomic mass is 9.92. The molecule has 2 amide bonds. The molecule has 1 saturated heterocycles. The molecule has 0 atom stereocenters. The van der Waals surface area contributed by atoms with Crippen LogP contribution < -0.4 is 11.1 Å². The van der Waals surface area contributed by atoms with Crippen LogP contribution in [0.15, 0.2) is 91.1 Å². The highest BCUT2D eigenvalue weighted by molar-refractivity contribution is 7.16. The molecule has 0 aliphatic carbocycles. The van der Waals surface area contributed by atoms with E-state index in [9.17, 15) is 18.4 Å². The Morgan fingerprint density at radius 1 is 0.918 bits per heavy atom. The third kappa shape index (κ3) is 7.78. The number of halogens is 2. The topological polar surface area (TPSA) is 88.3 Å². The standard InChI is InChI=1S/C40H38F2N4O2S/c1-25-26(2)38(49-35(25)24-45-37(47)17-5-27-4-16-36(43)44-23-27)33-15-12-31(22-34(33)29-10-13-32(41)14-11-29)28-6-8-30(9-7-28)39(48)46-20-18-40(3,42)19-21-46/h4-17,22-23H,18-21,24H2,1-3H3,(H2,43,44)(H,45,47)/b17-5+. The Kier molecular flexibility index (Phi) is 9.74. The van der Waals surface area contributed by atoms with Gasteiger partial charge in [0.2, 0.25) is 5.91 Å². The van der Waals surface area contributed by atoms with Crippen molar-refractivity contribution >= 4 is 35.0 Å². The lowest BCUT2D eigenvalue weighted by Gasteiger charge is -2.34. The smallest absolute Gasteiger partial charge is 0.253 e. The molecule has 6 rings (SSSR count). The van der Waals surface area contributed by atoms with Crippen LogP contribution in [-0.4, -0.2) is 40.5 Å². The van der Waals surface area contributed by atoms with Crippen LogP contribution in [0.3, 0.4) is 0 Å². The molecule has 250 valence electrons. The molecule has 1 aliphatic heterocycles. The normalized spacial score (nSPS) is 14.3. The highest BCUT2D eigenvalue weighted by atomic mass is 32.1. The number of hydrogen-bond donors (Lipinski definition) is 2. The van der Waals surface area contributed by atoms with E-state index >= 15 is 0 Å². The summed E-state index contributed by atoms with van der Waals surface area (Å²) in [6, 6.07) is 23.7. The molecule has 3 heterocycles. The van der Waals surface area contributed by atoms with Crippen molar-refractivity contribution in [3.63, 3.8) is 0 Å². The van der Waals surface area contributed by atoms with Crippen LogP contribution in [0, 0.1) is 19.7 Å². The van der Waals surface area contributed by atoms with Gasteiger partial charge in [-0.05, 0) is 127 Å². The molecule has 5 aromatic rings. The number of piperidine rings is 1. The maximum Gasteiger partial charge on any atom is 0.253 e. The zero-order chi connectivity index (χ0) is 34.7. The number of nitrogen functional groups attached to an aromatic ring is 1. The molecule has 9 heteroatoms. The molecule has 6 nitrogen and oxygen atoms in total. The van der Waals surface area contributed by atoms with Gasteiger partial charge in [-0.1, -0.05) is 36.4 Å². The van der Waals surface area contributed by atoms with Gasteiger partial charge in [0, 0.05) is 40.7 Å². The Hall–Kier alpha value is -5.15. The Morgan fingerprint density at radius 2 is 1.59 bits per heavy atom. The quantitative estimate of drug-likeness (QED) is 0.161. The summed E-state index contributed by atoms with van der Waals surface area (Å²) in [7, 11) is 0. The van der Waals surface area contributed by atoms with E-state index in [0.29, 0.717) is 43.9 Å². The second-order valence-corrected chi connectivity index (χ2v) is 13.8. The van der Waals surface area contributed by atoms with Crippen molar-refractivity contribution in [1.29, 1.82) is 0 Å². The number of benzene rings is 3. The number of hydrogen-bond acceptors (Lipinski definition) is 5. The molecular weight excluding hydrogens is 639 g/mol. The van der Waals surface area contributed by atoms with Crippen molar-refractivity contribution in [2.45, 2.75) is 45.8 Å². The van der Waals surface area contributed by atoms with Crippen LogP contribution in [0.2, 0.25) is 0 Å². The van der Waals surface area contributed by atoms with Gasteiger partial charge in [-0.2, -0.15) is 0 Å². The van der Waals surface area contributed by atoms with E-state index in [1.165, 1.54) is 18.2 Å². The van der Waals surface area contributed by atoms with Crippen LogP contribution >= 0.6 is 11.3 Å². The maximum absolute atomic E-state index is 14.3. The van der Waals surface area contributed by atoms with Gasteiger partial charge in [-0.15, -0.1) is 11.3 Å². The van der Waals surface area contributed by atoms with Gasteiger partial charge in [0.05, 0.1) is 6.54 Å². The Morgan fingerprint density at radius 3 is 2.27 bits per heavy atom. The lowest BCUT2D eigenvalue weighted by molar-refractivity contribution is -0.116. The summed E-state index contributed by atoms with van der Waals surface area (Å²) in [6.45, 7) is 6.92. The molecule has 0 saturated carbocycles. The molecule has 3 N–H and O–H groups in total. The van der Waals surface area contributed by atoms with E-state index in [-0.39, 0.29) is 17.6 Å². The van der Waals surface area contributed by atoms with Crippen molar-refractivity contribution in [1.82, 2.24) is 15.2 Å². The lowest BCUT2D eigenvalue weighted by Crippen LogP contribution is -2.43. The number of alkyl halides is 1. The average molecular weight is 677 g/mol. The van der Waals surface area contributed by atoms with Crippen LogP contribution in [0.1, 0.15) is 51.7 Å². The van der Waals surface area contributed by atoms with Gasteiger partial charge in [-0.25, -0.2) is 13.8 Å². The first-order chi connectivity index (χ1) is 23.5. The molecule has 0 unspecified atom stereocenters. The molecule has 49 heavy (non-hydrogen) atoms. The van der Waals surface area contributed by atoms with E-state index in [0.717, 1.165) is 54.3 Å². The van der Waals surface area contributed by atoms with E-state index in [1.807, 2.05) is 24.3 Å². The first-order valence-corrected chi connectivity index (χ1v) is 17.0. The fourth-order valence-corrected chi connectivity index (χ4v) is 7.24. The monoisotopic (exact) mass is 676 g/mol. The maximum atomic E-state index is 14.3. The molecule has 1 fully saturated rings. The van der Waals surface area contributed by atoms with Gasteiger partial charge >= 0.3 is 0 Å². The predicted octanol–water partition coefficient (Wildman–Crippen LogP) is 8.78. The molecule has 0 bridgehead atoms. The average Bonchev–Trinajstić information content (AvgIpc) is 3.39. The number of anilines is 1. The summed E-state index contributed by atoms with van der Waals surface area (Å²) in [5, 5.41) is 2.99.